The minimum atomic E-state index is -0.464. The van der Waals surface area contributed by atoms with E-state index in [1.54, 1.807) is 24.7 Å². The van der Waals surface area contributed by atoms with Crippen molar-refractivity contribution in [2.75, 3.05) is 0 Å². The van der Waals surface area contributed by atoms with Crippen molar-refractivity contribution < 1.29 is 9.13 Å². The normalized spacial score (nSPS) is 11.1. The van der Waals surface area contributed by atoms with E-state index in [1.807, 2.05) is 18.3 Å². The third kappa shape index (κ3) is 3.89. The van der Waals surface area contributed by atoms with Crippen LogP contribution in [0.5, 0.6) is 5.75 Å². The van der Waals surface area contributed by atoms with Crippen LogP contribution in [0.1, 0.15) is 16.7 Å². The molecular formula is C20H14Cl2FN3O. The molecule has 0 amide bonds. The lowest BCUT2D eigenvalue weighted by Gasteiger charge is -2.11. The van der Waals surface area contributed by atoms with Gasteiger partial charge in [-0.3, -0.25) is 4.98 Å². The number of rotatable bonds is 5. The number of ether oxygens (including phenoxy) is 1. The van der Waals surface area contributed by atoms with E-state index in [9.17, 15) is 4.39 Å². The molecule has 0 saturated heterocycles. The van der Waals surface area contributed by atoms with E-state index in [4.69, 9.17) is 27.9 Å². The van der Waals surface area contributed by atoms with E-state index in [0.717, 1.165) is 22.2 Å². The Kier molecular flexibility index (Phi) is 4.97. The molecule has 0 aliphatic heterocycles. The summed E-state index contributed by atoms with van der Waals surface area (Å²) in [5.41, 5.74) is 3.16. The highest BCUT2D eigenvalue weighted by Crippen LogP contribution is 2.30. The Hall–Kier alpha value is -2.63. The summed E-state index contributed by atoms with van der Waals surface area (Å²) in [6.45, 7) is 0.215. The van der Waals surface area contributed by atoms with Crippen LogP contribution >= 0.6 is 23.2 Å². The average molecular weight is 402 g/mol. The topological polar surface area (TPSA) is 50.8 Å². The van der Waals surface area contributed by atoms with Crippen molar-refractivity contribution in [2.45, 2.75) is 13.0 Å². The molecule has 0 aliphatic carbocycles. The highest BCUT2D eigenvalue weighted by molar-refractivity contribution is 6.31. The van der Waals surface area contributed by atoms with Gasteiger partial charge >= 0.3 is 0 Å². The fourth-order valence-electron chi connectivity index (χ4n) is 2.84. The van der Waals surface area contributed by atoms with Crippen molar-refractivity contribution in [3.63, 3.8) is 0 Å². The molecule has 136 valence electrons. The van der Waals surface area contributed by atoms with Gasteiger partial charge in [0.25, 0.3) is 0 Å². The number of fused-ring (bicyclic) bond motifs is 1. The molecule has 0 bridgehead atoms. The van der Waals surface area contributed by atoms with Gasteiger partial charge in [0.15, 0.2) is 11.6 Å². The maximum absolute atomic E-state index is 14.5. The third-order valence-electron chi connectivity index (χ3n) is 4.18. The van der Waals surface area contributed by atoms with Crippen LogP contribution in [0, 0.1) is 5.82 Å². The number of aromatic nitrogens is 3. The molecule has 0 atom stereocenters. The van der Waals surface area contributed by atoms with E-state index >= 15 is 0 Å². The molecule has 1 N–H and O–H groups in total. The quantitative estimate of drug-likeness (QED) is 0.475. The van der Waals surface area contributed by atoms with Gasteiger partial charge in [-0.05, 0) is 29.3 Å². The molecule has 0 aliphatic rings. The monoisotopic (exact) mass is 401 g/mol. The smallest absolute Gasteiger partial charge is 0.165 e. The molecule has 7 heteroatoms. The van der Waals surface area contributed by atoms with Gasteiger partial charge in [0.1, 0.15) is 12.3 Å². The second-order valence-electron chi connectivity index (χ2n) is 6.06. The van der Waals surface area contributed by atoms with Crippen molar-refractivity contribution in [3.05, 3.63) is 87.7 Å². The molecule has 4 aromatic rings. The lowest BCUT2D eigenvalue weighted by atomic mass is 10.0. The molecule has 0 saturated carbocycles. The first-order valence-corrected chi connectivity index (χ1v) is 8.97. The second-order valence-corrected chi connectivity index (χ2v) is 6.91. The molecule has 0 fully saturated rings. The van der Waals surface area contributed by atoms with Gasteiger partial charge in [-0.15, -0.1) is 0 Å². The standard InChI is InChI=1S/C20H14Cl2FN3O/c21-15-6-16-14(9-25-20(16)26-10-15)4-13-5-18(23)19(7-17(13)22)27-11-12-2-1-3-24-8-12/h1-3,5-10H,4,11H2,(H,25,26). The summed E-state index contributed by atoms with van der Waals surface area (Å²) in [7, 11) is 0. The van der Waals surface area contributed by atoms with Crippen LogP contribution in [0.25, 0.3) is 11.0 Å². The number of pyridine rings is 2. The fourth-order valence-corrected chi connectivity index (χ4v) is 3.22. The highest BCUT2D eigenvalue weighted by Gasteiger charge is 2.13. The molecule has 27 heavy (non-hydrogen) atoms. The Morgan fingerprint density at radius 3 is 2.81 bits per heavy atom. The van der Waals surface area contributed by atoms with Gasteiger partial charge in [-0.2, -0.15) is 0 Å². The van der Waals surface area contributed by atoms with Crippen molar-refractivity contribution in [3.8, 4) is 5.75 Å². The summed E-state index contributed by atoms with van der Waals surface area (Å²) in [4.78, 5) is 11.3. The van der Waals surface area contributed by atoms with E-state index in [-0.39, 0.29) is 12.4 Å². The number of benzene rings is 1. The lowest BCUT2D eigenvalue weighted by molar-refractivity contribution is 0.290. The van der Waals surface area contributed by atoms with E-state index in [0.29, 0.717) is 22.0 Å². The van der Waals surface area contributed by atoms with Crippen LogP contribution < -0.4 is 4.74 Å². The first kappa shape index (κ1) is 17.8. The summed E-state index contributed by atoms with van der Waals surface area (Å²) in [5, 5.41) is 1.86. The Bertz CT molecular complexity index is 1100. The minimum Gasteiger partial charge on any atom is -0.486 e. The van der Waals surface area contributed by atoms with Gasteiger partial charge < -0.3 is 9.72 Å². The molecule has 3 heterocycles. The van der Waals surface area contributed by atoms with Crippen LogP contribution in [0.3, 0.4) is 0 Å². The first-order chi connectivity index (χ1) is 13.1. The predicted octanol–water partition coefficient (Wildman–Crippen LogP) is 5.57. The molecule has 4 nitrogen and oxygen atoms in total. The Balaban J connectivity index is 1.57. The SMILES string of the molecule is Fc1cc(Cc2c[nH]c3ncc(Cl)cc23)c(Cl)cc1OCc1cccnc1. The number of hydrogen-bond acceptors (Lipinski definition) is 3. The molecule has 0 unspecified atom stereocenters. The lowest BCUT2D eigenvalue weighted by Crippen LogP contribution is -1.99. The van der Waals surface area contributed by atoms with Gasteiger partial charge in [-0.25, -0.2) is 9.37 Å². The van der Waals surface area contributed by atoms with Gasteiger partial charge in [0.2, 0.25) is 0 Å². The van der Waals surface area contributed by atoms with Crippen LogP contribution in [-0.2, 0) is 13.0 Å². The van der Waals surface area contributed by atoms with Crippen LogP contribution in [-0.4, -0.2) is 15.0 Å². The predicted molar refractivity (Wildman–Crippen MR) is 104 cm³/mol. The van der Waals surface area contributed by atoms with Crippen LogP contribution in [0.4, 0.5) is 4.39 Å². The first-order valence-electron chi connectivity index (χ1n) is 8.21. The largest absolute Gasteiger partial charge is 0.486 e. The average Bonchev–Trinajstić information content (AvgIpc) is 3.06. The molecule has 0 radical (unpaired) electrons. The van der Waals surface area contributed by atoms with Crippen LogP contribution in [0.2, 0.25) is 10.0 Å². The van der Waals surface area contributed by atoms with Crippen LogP contribution in [0.15, 0.2) is 55.1 Å². The number of hydrogen-bond donors (Lipinski definition) is 1. The van der Waals surface area contributed by atoms with Crippen molar-refractivity contribution in [2.24, 2.45) is 0 Å². The fraction of sp³-hybridized carbons (Fsp3) is 0.100. The molecule has 4 rings (SSSR count). The third-order valence-corrected chi connectivity index (χ3v) is 4.74. The maximum atomic E-state index is 14.5. The molecule has 3 aromatic heterocycles. The zero-order valence-electron chi connectivity index (χ0n) is 14.0. The summed E-state index contributed by atoms with van der Waals surface area (Å²) in [5.74, 6) is -0.356. The zero-order valence-corrected chi connectivity index (χ0v) is 15.6. The number of nitrogens with one attached hydrogen (secondary N) is 1. The summed E-state index contributed by atoms with van der Waals surface area (Å²) in [6.07, 6.45) is 7.19. The van der Waals surface area contributed by atoms with Crippen molar-refractivity contribution >= 4 is 34.2 Å². The molecule has 1 aromatic carbocycles. The Labute approximate surface area is 164 Å². The number of H-pyrrole nitrogens is 1. The summed E-state index contributed by atoms with van der Waals surface area (Å²) >= 11 is 12.4. The number of nitrogens with zero attached hydrogens (tertiary/aromatic N) is 2. The molecular weight excluding hydrogens is 388 g/mol. The minimum absolute atomic E-state index is 0.108. The zero-order chi connectivity index (χ0) is 18.8. The number of halogens is 3. The van der Waals surface area contributed by atoms with E-state index < -0.39 is 5.82 Å². The Morgan fingerprint density at radius 2 is 2.00 bits per heavy atom. The maximum Gasteiger partial charge on any atom is 0.165 e. The Morgan fingerprint density at radius 1 is 1.11 bits per heavy atom. The van der Waals surface area contributed by atoms with E-state index in [1.165, 1.54) is 12.1 Å². The summed E-state index contributed by atoms with van der Waals surface area (Å²) in [6, 6.07) is 8.39. The second kappa shape index (κ2) is 7.55. The highest BCUT2D eigenvalue weighted by atomic mass is 35.5. The van der Waals surface area contributed by atoms with Gasteiger partial charge in [0, 0.05) is 53.2 Å². The van der Waals surface area contributed by atoms with Gasteiger partial charge in [0.05, 0.1) is 5.02 Å². The van der Waals surface area contributed by atoms with Crippen molar-refractivity contribution in [1.82, 2.24) is 15.0 Å². The van der Waals surface area contributed by atoms with Gasteiger partial charge in [-0.1, -0.05) is 29.3 Å². The summed E-state index contributed by atoms with van der Waals surface area (Å²) < 4.78 is 20.0. The van der Waals surface area contributed by atoms with Crippen molar-refractivity contribution in [1.29, 1.82) is 0 Å². The number of aromatic amines is 1. The van der Waals surface area contributed by atoms with E-state index in [2.05, 4.69) is 15.0 Å². The molecule has 0 spiro atoms.